The number of hydrogen-bond acceptors (Lipinski definition) is 8. The van der Waals surface area contributed by atoms with Crippen LogP contribution in [0.4, 0.5) is 5.69 Å². The van der Waals surface area contributed by atoms with Crippen molar-refractivity contribution >= 4 is 11.9 Å². The SMILES string of the molecule is Cc1cc(N/N=C/CCc2ccc3c(c2)CCO3)cc(OC2CC(O)C(O)C(CO)O2)c1. The molecule has 32 heavy (non-hydrogen) atoms. The minimum Gasteiger partial charge on any atom is -0.493 e. The third-order valence-electron chi connectivity index (χ3n) is 5.63. The molecule has 1 saturated heterocycles. The maximum atomic E-state index is 9.97. The van der Waals surface area contributed by atoms with Gasteiger partial charge in [-0.3, -0.25) is 5.43 Å². The van der Waals surface area contributed by atoms with Gasteiger partial charge in [0.2, 0.25) is 6.29 Å². The summed E-state index contributed by atoms with van der Waals surface area (Å²) in [5.41, 5.74) is 7.31. The van der Waals surface area contributed by atoms with Crippen LogP contribution in [-0.4, -0.2) is 59.3 Å². The second-order valence-electron chi connectivity index (χ2n) is 8.24. The molecule has 0 radical (unpaired) electrons. The number of nitrogens with one attached hydrogen (secondary N) is 1. The van der Waals surface area contributed by atoms with Crippen molar-refractivity contribution in [3.8, 4) is 11.5 Å². The summed E-state index contributed by atoms with van der Waals surface area (Å²) in [5, 5.41) is 33.5. The molecular formula is C24H30N2O6. The van der Waals surface area contributed by atoms with Crippen LogP contribution in [0, 0.1) is 6.92 Å². The third-order valence-corrected chi connectivity index (χ3v) is 5.63. The zero-order valence-corrected chi connectivity index (χ0v) is 18.1. The average Bonchev–Trinajstić information content (AvgIpc) is 3.23. The summed E-state index contributed by atoms with van der Waals surface area (Å²) in [4.78, 5) is 0. The van der Waals surface area contributed by atoms with E-state index in [0.29, 0.717) is 5.75 Å². The molecule has 0 aromatic heterocycles. The maximum absolute atomic E-state index is 9.97. The first-order valence-electron chi connectivity index (χ1n) is 10.9. The first kappa shape index (κ1) is 22.5. The highest BCUT2D eigenvalue weighted by Gasteiger charge is 2.37. The van der Waals surface area contributed by atoms with Crippen LogP contribution in [0.5, 0.6) is 11.5 Å². The molecule has 4 rings (SSSR count). The van der Waals surface area contributed by atoms with Gasteiger partial charge in [0.05, 0.1) is 25.0 Å². The Labute approximate surface area is 187 Å². The Morgan fingerprint density at radius 2 is 2.09 bits per heavy atom. The van der Waals surface area contributed by atoms with Gasteiger partial charge in [-0.15, -0.1) is 0 Å². The first-order chi connectivity index (χ1) is 15.5. The Morgan fingerprint density at radius 1 is 1.22 bits per heavy atom. The molecule has 4 N–H and O–H groups in total. The van der Waals surface area contributed by atoms with E-state index < -0.39 is 31.2 Å². The standard InChI is InChI=1S/C24H30N2O6/c1-15-9-18(12-19(10-15)31-23-13-20(28)24(29)22(14-27)32-23)26-25-7-2-3-16-4-5-21-17(11-16)6-8-30-21/h4-5,7,9-12,20,22-24,26-29H,2-3,6,8,13-14H2,1H3/b25-7+. The van der Waals surface area contributed by atoms with Crippen molar-refractivity contribution in [3.63, 3.8) is 0 Å². The highest BCUT2D eigenvalue weighted by atomic mass is 16.7. The fourth-order valence-electron chi connectivity index (χ4n) is 3.99. The highest BCUT2D eigenvalue weighted by Crippen LogP contribution is 2.27. The summed E-state index contributed by atoms with van der Waals surface area (Å²) in [6, 6.07) is 11.9. The second kappa shape index (κ2) is 10.3. The van der Waals surface area contributed by atoms with Crippen molar-refractivity contribution in [1.82, 2.24) is 0 Å². The zero-order valence-electron chi connectivity index (χ0n) is 18.1. The lowest BCUT2D eigenvalue weighted by atomic mass is 10.0. The number of benzene rings is 2. The molecule has 2 aromatic carbocycles. The van der Waals surface area contributed by atoms with Gasteiger partial charge < -0.3 is 29.5 Å². The zero-order chi connectivity index (χ0) is 22.5. The smallest absolute Gasteiger partial charge is 0.202 e. The number of aliphatic hydroxyl groups excluding tert-OH is 3. The molecule has 0 amide bonds. The van der Waals surface area contributed by atoms with E-state index in [-0.39, 0.29) is 6.42 Å². The number of hydrogen-bond donors (Lipinski definition) is 4. The van der Waals surface area contributed by atoms with Crippen LogP contribution in [0.25, 0.3) is 0 Å². The third kappa shape index (κ3) is 5.58. The monoisotopic (exact) mass is 442 g/mol. The number of anilines is 1. The summed E-state index contributed by atoms with van der Waals surface area (Å²) in [6.07, 6.45) is 0.852. The van der Waals surface area contributed by atoms with E-state index in [1.54, 1.807) is 6.07 Å². The number of aryl methyl sites for hydroxylation is 2. The molecule has 2 aromatic rings. The Kier molecular flexibility index (Phi) is 7.26. The normalized spacial score (nSPS) is 24.9. The van der Waals surface area contributed by atoms with Gasteiger partial charge in [-0.2, -0.15) is 5.10 Å². The van der Waals surface area contributed by atoms with Crippen molar-refractivity contribution in [2.24, 2.45) is 5.10 Å². The first-order valence-corrected chi connectivity index (χ1v) is 10.9. The summed E-state index contributed by atoms with van der Waals surface area (Å²) >= 11 is 0. The van der Waals surface area contributed by atoms with E-state index in [2.05, 4.69) is 22.7 Å². The van der Waals surface area contributed by atoms with Crippen LogP contribution in [0.15, 0.2) is 41.5 Å². The summed E-state index contributed by atoms with van der Waals surface area (Å²) in [7, 11) is 0. The Balaban J connectivity index is 1.29. The van der Waals surface area contributed by atoms with Crippen molar-refractivity contribution in [3.05, 3.63) is 53.1 Å². The molecule has 8 nitrogen and oxygen atoms in total. The van der Waals surface area contributed by atoms with Gasteiger partial charge in [-0.25, -0.2) is 0 Å². The van der Waals surface area contributed by atoms with Crippen LogP contribution < -0.4 is 14.9 Å². The van der Waals surface area contributed by atoms with Gasteiger partial charge in [0.1, 0.15) is 23.7 Å². The quantitative estimate of drug-likeness (QED) is 0.366. The molecule has 8 heteroatoms. The molecule has 0 bridgehead atoms. The highest BCUT2D eigenvalue weighted by molar-refractivity contribution is 5.61. The maximum Gasteiger partial charge on any atom is 0.202 e. The number of aliphatic hydroxyl groups is 3. The average molecular weight is 443 g/mol. The minimum absolute atomic E-state index is 0.112. The number of rotatable bonds is 8. The van der Waals surface area contributed by atoms with Crippen molar-refractivity contribution in [2.45, 2.75) is 57.2 Å². The molecule has 172 valence electrons. The van der Waals surface area contributed by atoms with Gasteiger partial charge >= 0.3 is 0 Å². The van der Waals surface area contributed by atoms with Crippen LogP contribution in [0.3, 0.4) is 0 Å². The molecule has 2 heterocycles. The van der Waals surface area contributed by atoms with Crippen LogP contribution in [0.1, 0.15) is 29.5 Å². The Hall–Kier alpha value is -2.65. The lowest BCUT2D eigenvalue weighted by Crippen LogP contribution is -2.51. The minimum atomic E-state index is -1.13. The van der Waals surface area contributed by atoms with Gasteiger partial charge in [0.15, 0.2) is 0 Å². The van der Waals surface area contributed by atoms with E-state index in [4.69, 9.17) is 14.2 Å². The fraction of sp³-hybridized carbons (Fsp3) is 0.458. The molecule has 0 aliphatic carbocycles. The second-order valence-corrected chi connectivity index (χ2v) is 8.24. The lowest BCUT2D eigenvalue weighted by molar-refractivity contribution is -0.229. The predicted molar refractivity (Wildman–Crippen MR) is 120 cm³/mol. The van der Waals surface area contributed by atoms with Crippen molar-refractivity contribution < 1.29 is 29.5 Å². The van der Waals surface area contributed by atoms with Crippen LogP contribution in [0.2, 0.25) is 0 Å². The largest absolute Gasteiger partial charge is 0.493 e. The number of ether oxygens (including phenoxy) is 3. The molecule has 0 saturated carbocycles. The molecule has 4 atom stereocenters. The fourth-order valence-corrected chi connectivity index (χ4v) is 3.99. The molecular weight excluding hydrogens is 412 g/mol. The summed E-state index contributed by atoms with van der Waals surface area (Å²) in [5.74, 6) is 1.55. The molecule has 0 spiro atoms. The Bertz CT molecular complexity index is 950. The summed E-state index contributed by atoms with van der Waals surface area (Å²) < 4.78 is 16.9. The van der Waals surface area contributed by atoms with Gasteiger partial charge in [0.25, 0.3) is 0 Å². The van der Waals surface area contributed by atoms with E-state index in [0.717, 1.165) is 42.9 Å². The number of hydrazone groups is 1. The van der Waals surface area contributed by atoms with E-state index in [9.17, 15) is 15.3 Å². The molecule has 4 unspecified atom stereocenters. The van der Waals surface area contributed by atoms with E-state index in [1.807, 2.05) is 31.3 Å². The molecule has 2 aliphatic rings. The van der Waals surface area contributed by atoms with Gasteiger partial charge in [-0.05, 0) is 54.7 Å². The molecule has 1 fully saturated rings. The lowest BCUT2D eigenvalue weighted by Gasteiger charge is -2.36. The van der Waals surface area contributed by atoms with E-state index >= 15 is 0 Å². The summed E-state index contributed by atoms with van der Waals surface area (Å²) in [6.45, 7) is 2.31. The topological polar surface area (TPSA) is 113 Å². The Morgan fingerprint density at radius 3 is 2.94 bits per heavy atom. The predicted octanol–water partition coefficient (Wildman–Crippen LogP) is 2.17. The van der Waals surface area contributed by atoms with Crippen molar-refractivity contribution in [2.75, 3.05) is 18.6 Å². The van der Waals surface area contributed by atoms with Gasteiger partial charge in [0, 0.05) is 25.1 Å². The number of nitrogens with zero attached hydrogens (tertiary/aromatic N) is 1. The van der Waals surface area contributed by atoms with Crippen LogP contribution in [-0.2, 0) is 17.6 Å². The van der Waals surface area contributed by atoms with Gasteiger partial charge in [-0.1, -0.05) is 12.1 Å². The number of fused-ring (bicyclic) bond motifs is 1. The van der Waals surface area contributed by atoms with E-state index in [1.165, 1.54) is 11.1 Å². The van der Waals surface area contributed by atoms with Crippen molar-refractivity contribution in [1.29, 1.82) is 0 Å². The molecule has 2 aliphatic heterocycles. The van der Waals surface area contributed by atoms with Crippen LogP contribution >= 0.6 is 0 Å².